The van der Waals surface area contributed by atoms with Crippen LogP contribution in [0.2, 0.25) is 0 Å². The standard InChI is InChI=1S/C13H19N3O2/c14-7-9-18-11-5-3-10(4-6-11)16-13(17)12-2-1-8-15-12/h3-6,12,15H,1-2,7-9,14H2,(H,16,17). The molecule has 2 rings (SSSR count). The van der Waals surface area contributed by atoms with E-state index in [0.717, 1.165) is 30.8 Å². The largest absolute Gasteiger partial charge is 0.492 e. The summed E-state index contributed by atoms with van der Waals surface area (Å²) in [5.74, 6) is 0.792. The van der Waals surface area contributed by atoms with Crippen molar-refractivity contribution in [2.24, 2.45) is 5.73 Å². The molecule has 1 aromatic rings. The zero-order valence-corrected chi connectivity index (χ0v) is 10.3. The lowest BCUT2D eigenvalue weighted by Gasteiger charge is -2.11. The third kappa shape index (κ3) is 3.45. The van der Waals surface area contributed by atoms with Gasteiger partial charge in [-0.05, 0) is 43.7 Å². The molecule has 0 bridgehead atoms. The second-order valence-electron chi connectivity index (χ2n) is 4.30. The van der Waals surface area contributed by atoms with Crippen molar-refractivity contribution in [2.45, 2.75) is 18.9 Å². The first kappa shape index (κ1) is 12.9. The monoisotopic (exact) mass is 249 g/mol. The van der Waals surface area contributed by atoms with Gasteiger partial charge >= 0.3 is 0 Å². The van der Waals surface area contributed by atoms with Gasteiger partial charge in [0, 0.05) is 12.2 Å². The van der Waals surface area contributed by atoms with E-state index in [1.54, 1.807) is 0 Å². The molecule has 0 saturated carbocycles. The summed E-state index contributed by atoms with van der Waals surface area (Å²) in [7, 11) is 0. The minimum Gasteiger partial charge on any atom is -0.492 e. The summed E-state index contributed by atoms with van der Waals surface area (Å²) in [4.78, 5) is 11.9. The minimum atomic E-state index is -0.0573. The van der Waals surface area contributed by atoms with Crippen LogP contribution in [0.1, 0.15) is 12.8 Å². The predicted octanol–water partition coefficient (Wildman–Crippen LogP) is 0.715. The Morgan fingerprint density at radius 3 is 2.83 bits per heavy atom. The lowest BCUT2D eigenvalue weighted by atomic mass is 10.2. The smallest absolute Gasteiger partial charge is 0.241 e. The van der Waals surface area contributed by atoms with E-state index >= 15 is 0 Å². The van der Waals surface area contributed by atoms with Crippen molar-refractivity contribution in [3.05, 3.63) is 24.3 Å². The van der Waals surface area contributed by atoms with E-state index in [1.165, 1.54) is 0 Å². The molecule has 0 aliphatic carbocycles. The third-order valence-corrected chi connectivity index (χ3v) is 2.89. The van der Waals surface area contributed by atoms with Crippen molar-refractivity contribution < 1.29 is 9.53 Å². The highest BCUT2D eigenvalue weighted by Crippen LogP contribution is 2.16. The zero-order chi connectivity index (χ0) is 12.8. The Balaban J connectivity index is 1.87. The summed E-state index contributed by atoms with van der Waals surface area (Å²) in [5.41, 5.74) is 6.14. The van der Waals surface area contributed by atoms with Crippen molar-refractivity contribution >= 4 is 11.6 Å². The fourth-order valence-corrected chi connectivity index (χ4v) is 1.95. The zero-order valence-electron chi connectivity index (χ0n) is 10.3. The molecule has 4 N–H and O–H groups in total. The second-order valence-corrected chi connectivity index (χ2v) is 4.30. The molecule has 1 aromatic carbocycles. The number of hydrogen-bond donors (Lipinski definition) is 3. The predicted molar refractivity (Wildman–Crippen MR) is 70.6 cm³/mol. The average molecular weight is 249 g/mol. The van der Waals surface area contributed by atoms with Gasteiger partial charge < -0.3 is 21.1 Å². The van der Waals surface area contributed by atoms with Gasteiger partial charge in [-0.2, -0.15) is 0 Å². The fraction of sp³-hybridized carbons (Fsp3) is 0.462. The van der Waals surface area contributed by atoms with Crippen LogP contribution in [0.3, 0.4) is 0 Å². The Hall–Kier alpha value is -1.59. The number of nitrogens with two attached hydrogens (primary N) is 1. The van der Waals surface area contributed by atoms with Crippen LogP contribution in [-0.2, 0) is 4.79 Å². The number of ether oxygens (including phenoxy) is 1. The quantitative estimate of drug-likeness (QED) is 0.718. The Morgan fingerprint density at radius 2 is 2.22 bits per heavy atom. The molecule has 1 aliphatic heterocycles. The summed E-state index contributed by atoms with van der Waals surface area (Å²) >= 11 is 0. The molecule has 0 spiro atoms. The fourth-order valence-electron chi connectivity index (χ4n) is 1.95. The molecule has 1 atom stereocenters. The minimum absolute atomic E-state index is 0.0307. The van der Waals surface area contributed by atoms with Crippen molar-refractivity contribution in [3.63, 3.8) is 0 Å². The van der Waals surface area contributed by atoms with Crippen LogP contribution in [0.4, 0.5) is 5.69 Å². The lowest BCUT2D eigenvalue weighted by Crippen LogP contribution is -2.35. The topological polar surface area (TPSA) is 76.4 Å². The number of rotatable bonds is 5. The first-order valence-corrected chi connectivity index (χ1v) is 6.27. The number of anilines is 1. The molecule has 0 aromatic heterocycles. The van der Waals surface area contributed by atoms with Crippen LogP contribution < -0.4 is 21.1 Å². The Bertz CT molecular complexity index is 386. The van der Waals surface area contributed by atoms with Crippen LogP contribution in [0.25, 0.3) is 0 Å². The van der Waals surface area contributed by atoms with Crippen molar-refractivity contribution in [1.29, 1.82) is 0 Å². The van der Waals surface area contributed by atoms with Gasteiger partial charge in [0.2, 0.25) is 5.91 Å². The van der Waals surface area contributed by atoms with E-state index in [4.69, 9.17) is 10.5 Å². The Labute approximate surface area is 107 Å². The van der Waals surface area contributed by atoms with E-state index in [2.05, 4.69) is 10.6 Å². The molecule has 1 amide bonds. The number of benzene rings is 1. The maximum Gasteiger partial charge on any atom is 0.241 e. The van der Waals surface area contributed by atoms with Crippen molar-refractivity contribution in [2.75, 3.05) is 25.0 Å². The highest BCUT2D eigenvalue weighted by molar-refractivity contribution is 5.95. The normalized spacial score (nSPS) is 18.6. The number of carbonyl (C=O) groups excluding carboxylic acids is 1. The summed E-state index contributed by atoms with van der Waals surface area (Å²) in [6.45, 7) is 1.91. The Kier molecular flexibility index (Phi) is 4.55. The van der Waals surface area contributed by atoms with E-state index in [-0.39, 0.29) is 11.9 Å². The van der Waals surface area contributed by atoms with Crippen LogP contribution in [0.15, 0.2) is 24.3 Å². The molecule has 0 radical (unpaired) electrons. The molecular weight excluding hydrogens is 230 g/mol. The van der Waals surface area contributed by atoms with E-state index in [1.807, 2.05) is 24.3 Å². The van der Waals surface area contributed by atoms with Gasteiger partial charge in [-0.15, -0.1) is 0 Å². The highest BCUT2D eigenvalue weighted by atomic mass is 16.5. The van der Waals surface area contributed by atoms with Crippen molar-refractivity contribution in [3.8, 4) is 5.75 Å². The van der Waals surface area contributed by atoms with Crippen LogP contribution in [0, 0.1) is 0 Å². The van der Waals surface area contributed by atoms with E-state index in [9.17, 15) is 4.79 Å². The number of carbonyl (C=O) groups is 1. The van der Waals surface area contributed by atoms with Crippen LogP contribution in [-0.4, -0.2) is 31.6 Å². The van der Waals surface area contributed by atoms with Gasteiger partial charge in [0.15, 0.2) is 0 Å². The first-order chi connectivity index (χ1) is 8.79. The molecule has 1 saturated heterocycles. The molecule has 5 heteroatoms. The average Bonchev–Trinajstić information content (AvgIpc) is 2.92. The van der Waals surface area contributed by atoms with Gasteiger partial charge in [-0.25, -0.2) is 0 Å². The van der Waals surface area contributed by atoms with Crippen LogP contribution >= 0.6 is 0 Å². The molecular formula is C13H19N3O2. The highest BCUT2D eigenvalue weighted by Gasteiger charge is 2.21. The summed E-state index contributed by atoms with van der Waals surface area (Å²) in [5, 5.41) is 6.05. The van der Waals surface area contributed by atoms with Gasteiger partial charge in [0.05, 0.1) is 6.04 Å². The summed E-state index contributed by atoms with van der Waals surface area (Å²) < 4.78 is 5.36. The lowest BCUT2D eigenvalue weighted by molar-refractivity contribution is -0.117. The van der Waals surface area contributed by atoms with E-state index in [0.29, 0.717) is 13.2 Å². The maximum absolute atomic E-state index is 11.9. The molecule has 1 aliphatic rings. The van der Waals surface area contributed by atoms with E-state index < -0.39 is 0 Å². The number of nitrogens with one attached hydrogen (secondary N) is 2. The third-order valence-electron chi connectivity index (χ3n) is 2.89. The molecule has 18 heavy (non-hydrogen) atoms. The number of hydrogen-bond acceptors (Lipinski definition) is 4. The summed E-state index contributed by atoms with van der Waals surface area (Å²) in [6.07, 6.45) is 1.97. The molecule has 98 valence electrons. The first-order valence-electron chi connectivity index (χ1n) is 6.27. The summed E-state index contributed by atoms with van der Waals surface area (Å²) in [6, 6.07) is 7.26. The van der Waals surface area contributed by atoms with Gasteiger partial charge in [0.1, 0.15) is 12.4 Å². The van der Waals surface area contributed by atoms with Crippen LogP contribution in [0.5, 0.6) is 5.75 Å². The van der Waals surface area contributed by atoms with Gasteiger partial charge in [-0.1, -0.05) is 0 Å². The SMILES string of the molecule is NCCOc1ccc(NC(=O)C2CCCN2)cc1. The van der Waals surface area contributed by atoms with Gasteiger partial charge in [-0.3, -0.25) is 4.79 Å². The maximum atomic E-state index is 11.9. The van der Waals surface area contributed by atoms with Gasteiger partial charge in [0.25, 0.3) is 0 Å². The molecule has 1 fully saturated rings. The number of amides is 1. The molecule has 5 nitrogen and oxygen atoms in total. The molecule has 1 heterocycles. The Morgan fingerprint density at radius 1 is 1.44 bits per heavy atom. The second kappa shape index (κ2) is 6.37. The molecule has 1 unspecified atom stereocenters. The van der Waals surface area contributed by atoms with Crippen molar-refractivity contribution in [1.82, 2.24) is 5.32 Å².